The Labute approximate surface area is 77.9 Å². The van der Waals surface area contributed by atoms with E-state index in [0.29, 0.717) is 5.92 Å². The smallest absolute Gasteiger partial charge is 0.0902 e. The van der Waals surface area contributed by atoms with Crippen molar-refractivity contribution in [3.05, 3.63) is 23.9 Å². The van der Waals surface area contributed by atoms with Crippen LogP contribution in [0.1, 0.15) is 12.8 Å². The van der Waals surface area contributed by atoms with Crippen molar-refractivity contribution in [3.63, 3.8) is 0 Å². The molecule has 0 amide bonds. The number of hydrogen-bond acceptors (Lipinski definition) is 3. The van der Waals surface area contributed by atoms with E-state index in [4.69, 9.17) is 11.0 Å². The lowest BCUT2D eigenvalue weighted by Crippen LogP contribution is -2.49. The average Bonchev–Trinajstić information content (AvgIpc) is 2.17. The quantitative estimate of drug-likeness (QED) is 0.574. The van der Waals surface area contributed by atoms with E-state index in [9.17, 15) is 0 Å². The van der Waals surface area contributed by atoms with Crippen LogP contribution < -0.4 is 11.1 Å². The highest BCUT2D eigenvalue weighted by atomic mass is 15.1. The fraction of sp³-hybridized carbons (Fsp3) is 0.500. The van der Waals surface area contributed by atoms with E-state index in [-0.39, 0.29) is 12.1 Å². The summed E-state index contributed by atoms with van der Waals surface area (Å²) in [6, 6.07) is 2.25. The molecule has 68 valence electrons. The van der Waals surface area contributed by atoms with Crippen molar-refractivity contribution in [2.45, 2.75) is 19.0 Å². The van der Waals surface area contributed by atoms with Gasteiger partial charge in [0.25, 0.3) is 0 Å². The number of fused-ring (bicyclic) bond motifs is 1. The number of hydrogen-bond donors (Lipinski definition) is 2. The van der Waals surface area contributed by atoms with Crippen molar-refractivity contribution in [2.75, 3.05) is 0 Å². The first-order chi connectivity index (χ1) is 6.31. The molecule has 0 aromatic heterocycles. The van der Waals surface area contributed by atoms with Gasteiger partial charge in [-0.2, -0.15) is 5.26 Å². The Morgan fingerprint density at radius 3 is 3.23 bits per heavy atom. The zero-order chi connectivity index (χ0) is 9.26. The second kappa shape index (κ2) is 3.23. The van der Waals surface area contributed by atoms with Gasteiger partial charge >= 0.3 is 0 Å². The van der Waals surface area contributed by atoms with Gasteiger partial charge in [-0.25, -0.2) is 0 Å². The predicted octanol–water partition coefficient (Wildman–Crippen LogP) is 0.864. The van der Waals surface area contributed by atoms with Crippen LogP contribution in [-0.4, -0.2) is 6.17 Å². The zero-order valence-electron chi connectivity index (χ0n) is 7.40. The summed E-state index contributed by atoms with van der Waals surface area (Å²) in [4.78, 5) is 0. The number of allylic oxidation sites excluding steroid dienone is 4. The van der Waals surface area contributed by atoms with Crippen molar-refractivity contribution < 1.29 is 0 Å². The van der Waals surface area contributed by atoms with Gasteiger partial charge in [-0.3, -0.25) is 0 Å². The standard InChI is InChI=1S/C10H13N3/c11-6-8-5-7-3-1-2-4-9(7)13-10(8)12/h1-2,4,7-8,10,13H,3,5,12H2. The number of nitriles is 1. The van der Waals surface area contributed by atoms with E-state index in [2.05, 4.69) is 23.5 Å². The highest BCUT2D eigenvalue weighted by molar-refractivity contribution is 5.23. The first kappa shape index (κ1) is 8.33. The summed E-state index contributed by atoms with van der Waals surface area (Å²) in [5.41, 5.74) is 6.99. The molecule has 3 unspecified atom stereocenters. The first-order valence-corrected chi connectivity index (χ1v) is 4.59. The van der Waals surface area contributed by atoms with Gasteiger partial charge < -0.3 is 11.1 Å². The van der Waals surface area contributed by atoms with Gasteiger partial charge in [0.05, 0.1) is 18.2 Å². The monoisotopic (exact) mass is 175 g/mol. The molecule has 13 heavy (non-hydrogen) atoms. The molecule has 1 fully saturated rings. The number of nitrogens with zero attached hydrogens (tertiary/aromatic N) is 1. The van der Waals surface area contributed by atoms with Crippen LogP contribution in [0.3, 0.4) is 0 Å². The summed E-state index contributed by atoms with van der Waals surface area (Å²) in [5.74, 6) is 0.433. The molecule has 0 saturated carbocycles. The Balaban J connectivity index is 2.15. The van der Waals surface area contributed by atoms with E-state index in [1.165, 1.54) is 5.70 Å². The molecule has 1 heterocycles. The Morgan fingerprint density at radius 2 is 2.46 bits per heavy atom. The molecule has 3 atom stereocenters. The molecule has 3 nitrogen and oxygen atoms in total. The van der Waals surface area contributed by atoms with E-state index < -0.39 is 0 Å². The lowest BCUT2D eigenvalue weighted by Gasteiger charge is -2.35. The second-order valence-electron chi connectivity index (χ2n) is 3.62. The van der Waals surface area contributed by atoms with Gasteiger partial charge in [-0.15, -0.1) is 0 Å². The molecule has 3 N–H and O–H groups in total. The summed E-state index contributed by atoms with van der Waals surface area (Å²) in [6.45, 7) is 0. The first-order valence-electron chi connectivity index (χ1n) is 4.59. The molecule has 2 aliphatic rings. The highest BCUT2D eigenvalue weighted by Crippen LogP contribution is 2.30. The van der Waals surface area contributed by atoms with Gasteiger partial charge in [0.2, 0.25) is 0 Å². The van der Waals surface area contributed by atoms with Crippen molar-refractivity contribution in [1.29, 1.82) is 5.26 Å². The van der Waals surface area contributed by atoms with Gasteiger partial charge in [0.15, 0.2) is 0 Å². The second-order valence-corrected chi connectivity index (χ2v) is 3.62. The minimum Gasteiger partial charge on any atom is -0.372 e. The minimum atomic E-state index is -0.195. The summed E-state index contributed by atoms with van der Waals surface area (Å²) in [7, 11) is 0. The molecule has 2 rings (SSSR count). The molecule has 0 aromatic rings. The molecule has 1 aliphatic carbocycles. The Hall–Kier alpha value is -1.27. The van der Waals surface area contributed by atoms with Crippen LogP contribution in [0.25, 0.3) is 0 Å². The van der Waals surface area contributed by atoms with Crippen molar-refractivity contribution in [2.24, 2.45) is 17.6 Å². The molecular formula is C10H13N3. The number of nitrogens with two attached hydrogens (primary N) is 1. The fourth-order valence-electron chi connectivity index (χ4n) is 1.95. The van der Waals surface area contributed by atoms with E-state index >= 15 is 0 Å². The maximum absolute atomic E-state index is 8.84. The summed E-state index contributed by atoms with van der Waals surface area (Å²) < 4.78 is 0. The molecule has 0 aromatic carbocycles. The SMILES string of the molecule is N#CC1CC2CC=CC=C2NC1N. The summed E-state index contributed by atoms with van der Waals surface area (Å²) in [6.07, 6.45) is 7.96. The number of rotatable bonds is 0. The average molecular weight is 175 g/mol. The molecule has 0 bridgehead atoms. The van der Waals surface area contributed by atoms with E-state index in [1.54, 1.807) is 0 Å². The van der Waals surface area contributed by atoms with Crippen molar-refractivity contribution in [3.8, 4) is 6.07 Å². The molecule has 3 heteroatoms. The van der Waals surface area contributed by atoms with Gasteiger partial charge in [-0.1, -0.05) is 12.2 Å². The lowest BCUT2D eigenvalue weighted by molar-refractivity contribution is 0.310. The van der Waals surface area contributed by atoms with Crippen LogP contribution in [0, 0.1) is 23.2 Å². The fourth-order valence-corrected chi connectivity index (χ4v) is 1.95. The largest absolute Gasteiger partial charge is 0.372 e. The van der Waals surface area contributed by atoms with Gasteiger partial charge in [0.1, 0.15) is 0 Å². The van der Waals surface area contributed by atoms with Crippen molar-refractivity contribution in [1.82, 2.24) is 5.32 Å². The van der Waals surface area contributed by atoms with Crippen LogP contribution >= 0.6 is 0 Å². The van der Waals surface area contributed by atoms with Crippen molar-refractivity contribution >= 4 is 0 Å². The third-order valence-electron chi connectivity index (χ3n) is 2.74. The minimum absolute atomic E-state index is 0.0475. The molecule has 1 aliphatic heterocycles. The highest BCUT2D eigenvalue weighted by Gasteiger charge is 2.30. The van der Waals surface area contributed by atoms with Gasteiger partial charge in [-0.05, 0) is 18.9 Å². The summed E-state index contributed by atoms with van der Waals surface area (Å²) >= 11 is 0. The number of piperidine rings is 1. The van der Waals surface area contributed by atoms with Crippen LogP contribution in [-0.2, 0) is 0 Å². The normalized spacial score (nSPS) is 36.9. The molecular weight excluding hydrogens is 162 g/mol. The predicted molar refractivity (Wildman–Crippen MR) is 50.2 cm³/mol. The van der Waals surface area contributed by atoms with Crippen LogP contribution in [0.4, 0.5) is 0 Å². The third-order valence-corrected chi connectivity index (χ3v) is 2.74. The van der Waals surface area contributed by atoms with E-state index in [0.717, 1.165) is 12.8 Å². The van der Waals surface area contributed by atoms with Crippen LogP contribution in [0.2, 0.25) is 0 Å². The lowest BCUT2D eigenvalue weighted by atomic mass is 9.83. The topological polar surface area (TPSA) is 61.8 Å². The van der Waals surface area contributed by atoms with Crippen LogP contribution in [0.15, 0.2) is 23.9 Å². The Bertz CT molecular complexity index is 298. The summed E-state index contributed by atoms with van der Waals surface area (Å²) in [5, 5.41) is 12.0. The maximum atomic E-state index is 8.84. The van der Waals surface area contributed by atoms with E-state index in [1.807, 2.05) is 6.08 Å². The Morgan fingerprint density at radius 1 is 1.62 bits per heavy atom. The Kier molecular flexibility index (Phi) is 2.07. The van der Waals surface area contributed by atoms with Crippen LogP contribution in [0.5, 0.6) is 0 Å². The molecule has 1 saturated heterocycles. The molecule has 0 spiro atoms. The zero-order valence-corrected chi connectivity index (χ0v) is 7.40. The number of nitrogens with one attached hydrogen (secondary N) is 1. The third kappa shape index (κ3) is 1.45. The maximum Gasteiger partial charge on any atom is 0.0902 e. The van der Waals surface area contributed by atoms with Gasteiger partial charge in [0, 0.05) is 11.6 Å². The molecule has 0 radical (unpaired) electrons.